The Hall–Kier alpha value is -3.64. The minimum absolute atomic E-state index is 0.428. The number of aromatic nitrogens is 3. The van der Waals surface area contributed by atoms with Gasteiger partial charge >= 0.3 is 0 Å². The Morgan fingerprint density at radius 2 is 1.83 bits per heavy atom. The minimum Gasteiger partial charge on any atom is -0.454 e. The highest BCUT2D eigenvalue weighted by Crippen LogP contribution is 2.28. The third-order valence-corrected chi connectivity index (χ3v) is 5.05. The molecule has 144 valence electrons. The van der Waals surface area contributed by atoms with Gasteiger partial charge in [-0.15, -0.1) is 5.10 Å². The molecule has 6 nitrogen and oxygen atoms in total. The highest BCUT2D eigenvalue weighted by Gasteiger charge is 2.16. The summed E-state index contributed by atoms with van der Waals surface area (Å²) in [5.74, 6) is 1.46. The number of hydrogen-bond donors (Lipinski definition) is 1. The van der Waals surface area contributed by atoms with E-state index in [0.29, 0.717) is 6.54 Å². The maximum absolute atomic E-state index is 10.5. The molecule has 1 N–H and O–H groups in total. The van der Waals surface area contributed by atoms with Gasteiger partial charge in [-0.05, 0) is 29.8 Å². The first-order chi connectivity index (χ1) is 14.2. The van der Waals surface area contributed by atoms with E-state index < -0.39 is 6.10 Å². The highest BCUT2D eigenvalue weighted by molar-refractivity contribution is 5.82. The van der Waals surface area contributed by atoms with Crippen LogP contribution in [-0.2, 0) is 0 Å². The van der Waals surface area contributed by atoms with Gasteiger partial charge in [-0.1, -0.05) is 48.5 Å². The lowest BCUT2D eigenvalue weighted by molar-refractivity contribution is 0.184. The molecule has 3 heterocycles. The Morgan fingerprint density at radius 3 is 2.66 bits per heavy atom. The summed E-state index contributed by atoms with van der Waals surface area (Å²) < 4.78 is 7.77. The van der Waals surface area contributed by atoms with Gasteiger partial charge in [0.2, 0.25) is 0 Å². The van der Waals surface area contributed by atoms with Gasteiger partial charge in [0.15, 0.2) is 11.4 Å². The number of furan rings is 1. The van der Waals surface area contributed by atoms with E-state index in [1.54, 1.807) is 10.7 Å². The number of likely N-dealkylation sites (N-methyl/N-ethyl adjacent to an activating group) is 1. The summed E-state index contributed by atoms with van der Waals surface area (Å²) in [5.41, 5.74) is 3.24. The summed E-state index contributed by atoms with van der Waals surface area (Å²) in [6.07, 6.45) is 1.17. The first-order valence-electron chi connectivity index (χ1n) is 9.47. The zero-order valence-electron chi connectivity index (χ0n) is 15.9. The number of nitrogens with zero attached hydrogens (tertiary/aromatic N) is 4. The van der Waals surface area contributed by atoms with Crippen LogP contribution in [0.1, 0.15) is 11.7 Å². The first kappa shape index (κ1) is 17.5. The van der Waals surface area contributed by atoms with Crippen molar-refractivity contribution in [3.05, 3.63) is 84.6 Å². The molecule has 2 aromatic carbocycles. The molecule has 5 aromatic rings. The molecule has 0 aliphatic heterocycles. The second kappa shape index (κ2) is 7.07. The summed E-state index contributed by atoms with van der Waals surface area (Å²) in [7, 11) is 1.91. The van der Waals surface area contributed by atoms with E-state index in [1.165, 1.54) is 0 Å². The molecule has 3 aromatic heterocycles. The quantitative estimate of drug-likeness (QED) is 0.489. The van der Waals surface area contributed by atoms with Crippen molar-refractivity contribution in [3.63, 3.8) is 0 Å². The fraction of sp³-hybridized carbons (Fsp3) is 0.130. The number of hydrogen-bond acceptors (Lipinski definition) is 5. The van der Waals surface area contributed by atoms with Gasteiger partial charge in [0.1, 0.15) is 17.1 Å². The molecule has 6 heteroatoms. The topological polar surface area (TPSA) is 66.8 Å². The molecule has 0 spiro atoms. The van der Waals surface area contributed by atoms with Gasteiger partial charge < -0.3 is 14.4 Å². The van der Waals surface area contributed by atoms with Crippen molar-refractivity contribution in [1.29, 1.82) is 0 Å². The van der Waals surface area contributed by atoms with Crippen LogP contribution < -0.4 is 4.90 Å². The van der Waals surface area contributed by atoms with Crippen LogP contribution in [0, 0.1) is 0 Å². The minimum atomic E-state index is -0.601. The molecule has 1 atom stereocenters. The molecule has 0 saturated carbocycles. The van der Waals surface area contributed by atoms with Crippen LogP contribution in [0.25, 0.3) is 28.1 Å². The summed E-state index contributed by atoms with van der Waals surface area (Å²) in [6, 6.07) is 23.3. The molecule has 0 aliphatic carbocycles. The number of para-hydroxylation sites is 1. The maximum atomic E-state index is 10.5. The molecule has 0 radical (unpaired) electrons. The average Bonchev–Trinajstić information content (AvgIpc) is 3.37. The largest absolute Gasteiger partial charge is 0.454 e. The Balaban J connectivity index is 1.47. The van der Waals surface area contributed by atoms with Crippen molar-refractivity contribution in [3.8, 4) is 11.5 Å². The molecule has 0 saturated heterocycles. The number of anilines is 1. The number of aliphatic hydroxyl groups is 1. The number of imidazole rings is 1. The Labute approximate surface area is 167 Å². The van der Waals surface area contributed by atoms with Crippen molar-refractivity contribution in [2.45, 2.75) is 6.10 Å². The third-order valence-electron chi connectivity index (χ3n) is 5.05. The van der Waals surface area contributed by atoms with E-state index in [0.717, 1.165) is 39.5 Å². The fourth-order valence-corrected chi connectivity index (χ4v) is 3.48. The van der Waals surface area contributed by atoms with Crippen LogP contribution in [0.15, 0.2) is 83.4 Å². The van der Waals surface area contributed by atoms with Crippen LogP contribution in [-0.4, -0.2) is 33.3 Å². The zero-order chi connectivity index (χ0) is 19.8. The fourth-order valence-electron chi connectivity index (χ4n) is 3.48. The predicted octanol–water partition coefficient (Wildman–Crippen LogP) is 4.31. The van der Waals surface area contributed by atoms with E-state index in [9.17, 15) is 5.11 Å². The number of benzene rings is 2. The van der Waals surface area contributed by atoms with Crippen molar-refractivity contribution < 1.29 is 9.52 Å². The standard InChI is InChI=1S/C23H20N4O2/c1-26(15-19(28)16-7-3-2-4-8-16)23-12-11-22-24-14-18(27(22)25-23)21-13-17-9-5-6-10-20(17)29-21/h2-14,19,28H,15H2,1H3. The summed E-state index contributed by atoms with van der Waals surface area (Å²) in [6.45, 7) is 0.428. The van der Waals surface area contributed by atoms with Crippen molar-refractivity contribution >= 4 is 22.4 Å². The van der Waals surface area contributed by atoms with E-state index >= 15 is 0 Å². The molecule has 1 unspecified atom stereocenters. The SMILES string of the molecule is CN(CC(O)c1ccccc1)c1ccc2ncc(-c3cc4ccccc4o3)n2n1. The van der Waals surface area contributed by atoms with Crippen molar-refractivity contribution in [1.82, 2.24) is 14.6 Å². The normalized spacial score (nSPS) is 12.5. The van der Waals surface area contributed by atoms with Gasteiger partial charge in [0, 0.05) is 19.0 Å². The smallest absolute Gasteiger partial charge is 0.155 e. The number of rotatable bonds is 5. The van der Waals surface area contributed by atoms with E-state index in [4.69, 9.17) is 9.52 Å². The maximum Gasteiger partial charge on any atom is 0.155 e. The zero-order valence-corrected chi connectivity index (χ0v) is 15.9. The van der Waals surface area contributed by atoms with Crippen LogP contribution >= 0.6 is 0 Å². The van der Waals surface area contributed by atoms with Crippen molar-refractivity contribution in [2.75, 3.05) is 18.5 Å². The Kier molecular flexibility index (Phi) is 4.26. The first-order valence-corrected chi connectivity index (χ1v) is 9.47. The lowest BCUT2D eigenvalue weighted by Crippen LogP contribution is -2.25. The molecule has 0 aliphatic rings. The van der Waals surface area contributed by atoms with Crippen LogP contribution in [0.2, 0.25) is 0 Å². The lowest BCUT2D eigenvalue weighted by atomic mass is 10.1. The molecule has 0 fully saturated rings. The number of aliphatic hydroxyl groups excluding tert-OH is 1. The third kappa shape index (κ3) is 3.23. The molecular formula is C23H20N4O2. The molecule has 5 rings (SSSR count). The second-order valence-corrected chi connectivity index (χ2v) is 7.06. The Bertz CT molecular complexity index is 1240. The molecule has 29 heavy (non-hydrogen) atoms. The lowest BCUT2D eigenvalue weighted by Gasteiger charge is -2.22. The van der Waals surface area contributed by atoms with Crippen LogP contribution in [0.3, 0.4) is 0 Å². The number of fused-ring (bicyclic) bond motifs is 2. The van der Waals surface area contributed by atoms with E-state index in [1.807, 2.05) is 84.7 Å². The molecule has 0 amide bonds. The van der Waals surface area contributed by atoms with Crippen LogP contribution in [0.4, 0.5) is 5.82 Å². The van der Waals surface area contributed by atoms with E-state index in [-0.39, 0.29) is 0 Å². The Morgan fingerprint density at radius 1 is 1.03 bits per heavy atom. The summed E-state index contributed by atoms with van der Waals surface area (Å²) in [4.78, 5) is 6.38. The van der Waals surface area contributed by atoms with Gasteiger partial charge in [-0.25, -0.2) is 9.50 Å². The van der Waals surface area contributed by atoms with Gasteiger partial charge in [-0.2, -0.15) is 0 Å². The van der Waals surface area contributed by atoms with E-state index in [2.05, 4.69) is 4.98 Å². The monoisotopic (exact) mass is 384 g/mol. The summed E-state index contributed by atoms with van der Waals surface area (Å²) >= 11 is 0. The average molecular weight is 384 g/mol. The molecule has 0 bridgehead atoms. The van der Waals surface area contributed by atoms with Crippen LogP contribution in [0.5, 0.6) is 0 Å². The van der Waals surface area contributed by atoms with Gasteiger partial charge in [-0.3, -0.25) is 0 Å². The molecular weight excluding hydrogens is 364 g/mol. The van der Waals surface area contributed by atoms with Crippen molar-refractivity contribution in [2.24, 2.45) is 0 Å². The van der Waals surface area contributed by atoms with Gasteiger partial charge in [0.25, 0.3) is 0 Å². The predicted molar refractivity (Wildman–Crippen MR) is 113 cm³/mol. The highest BCUT2D eigenvalue weighted by atomic mass is 16.3. The van der Waals surface area contributed by atoms with Gasteiger partial charge in [0.05, 0.1) is 12.3 Å². The second-order valence-electron chi connectivity index (χ2n) is 7.06. The summed E-state index contributed by atoms with van der Waals surface area (Å²) in [5, 5.41) is 16.3.